The van der Waals surface area contributed by atoms with Crippen molar-refractivity contribution < 1.29 is 14.0 Å². The lowest BCUT2D eigenvalue weighted by molar-refractivity contribution is 0.0998. The molecule has 6 heteroatoms. The number of nitrogens with zero attached hydrogens (tertiary/aromatic N) is 1. The molecule has 27 heavy (non-hydrogen) atoms. The quantitative estimate of drug-likeness (QED) is 0.545. The topological polar surface area (TPSA) is 85.1 Å². The van der Waals surface area contributed by atoms with Gasteiger partial charge in [-0.3, -0.25) is 14.6 Å². The number of hydrogen-bond donors (Lipinski definition) is 2. The Balaban J connectivity index is 1.80. The number of carbonyl (C=O) groups is 2. The van der Waals surface area contributed by atoms with E-state index in [2.05, 4.69) is 10.3 Å². The lowest BCUT2D eigenvalue weighted by Crippen LogP contribution is -2.15. The van der Waals surface area contributed by atoms with Crippen LogP contribution in [0.25, 0.3) is 21.7 Å². The van der Waals surface area contributed by atoms with Crippen molar-refractivity contribution in [3.8, 4) is 0 Å². The average molecular weight is 359 g/mol. The molecule has 0 saturated heterocycles. The van der Waals surface area contributed by atoms with E-state index >= 15 is 0 Å². The number of benzene rings is 3. The molecule has 0 radical (unpaired) electrons. The molecule has 0 bridgehead atoms. The number of hydrogen-bond acceptors (Lipinski definition) is 3. The van der Waals surface area contributed by atoms with Crippen LogP contribution < -0.4 is 11.1 Å². The predicted octanol–water partition coefficient (Wildman–Crippen LogP) is 3.88. The predicted molar refractivity (Wildman–Crippen MR) is 102 cm³/mol. The molecule has 0 atom stereocenters. The summed E-state index contributed by atoms with van der Waals surface area (Å²) in [5.74, 6) is -1.97. The Morgan fingerprint density at radius 1 is 0.963 bits per heavy atom. The van der Waals surface area contributed by atoms with E-state index in [0.717, 1.165) is 22.2 Å². The molecule has 132 valence electrons. The molecule has 5 nitrogen and oxygen atoms in total. The number of halogens is 1. The lowest BCUT2D eigenvalue weighted by atomic mass is 10.0. The molecule has 0 fully saturated rings. The first kappa shape index (κ1) is 16.7. The second-order valence-electron chi connectivity index (χ2n) is 6.06. The number of fused-ring (bicyclic) bond motifs is 3. The number of amides is 2. The number of nitrogens with one attached hydrogen (secondary N) is 1. The normalized spacial score (nSPS) is 10.9. The first-order valence-electron chi connectivity index (χ1n) is 8.22. The minimum absolute atomic E-state index is 0.0309. The Bertz CT molecular complexity index is 1220. The zero-order chi connectivity index (χ0) is 19.0. The molecule has 0 aliphatic carbocycles. The van der Waals surface area contributed by atoms with Gasteiger partial charge in [0.2, 0.25) is 5.91 Å². The molecule has 4 rings (SSSR count). The fourth-order valence-corrected chi connectivity index (χ4v) is 3.06. The van der Waals surface area contributed by atoms with Crippen LogP contribution in [-0.4, -0.2) is 16.8 Å². The summed E-state index contributed by atoms with van der Waals surface area (Å²) in [6, 6.07) is 16.8. The third kappa shape index (κ3) is 2.97. The van der Waals surface area contributed by atoms with Gasteiger partial charge in [-0.25, -0.2) is 4.39 Å². The van der Waals surface area contributed by atoms with Crippen LogP contribution in [0.5, 0.6) is 0 Å². The second-order valence-corrected chi connectivity index (χ2v) is 6.06. The minimum Gasteiger partial charge on any atom is -0.366 e. The van der Waals surface area contributed by atoms with Crippen molar-refractivity contribution in [2.24, 2.45) is 5.73 Å². The van der Waals surface area contributed by atoms with Gasteiger partial charge in [-0.1, -0.05) is 30.3 Å². The Labute approximate surface area is 153 Å². The maximum atomic E-state index is 14.2. The molecule has 1 heterocycles. The molecule has 0 unspecified atom stereocenters. The van der Waals surface area contributed by atoms with Gasteiger partial charge >= 0.3 is 0 Å². The molecular formula is C21H14FN3O2. The number of rotatable bonds is 3. The molecule has 3 aromatic carbocycles. The zero-order valence-corrected chi connectivity index (χ0v) is 14.1. The third-order valence-corrected chi connectivity index (χ3v) is 4.36. The van der Waals surface area contributed by atoms with E-state index in [1.807, 2.05) is 30.3 Å². The summed E-state index contributed by atoms with van der Waals surface area (Å²) in [5, 5.41) is 5.24. The number of carbonyl (C=O) groups excluding carboxylic acids is 2. The van der Waals surface area contributed by atoms with Crippen molar-refractivity contribution >= 4 is 39.2 Å². The Morgan fingerprint density at radius 2 is 1.74 bits per heavy atom. The van der Waals surface area contributed by atoms with Crippen LogP contribution in [0.15, 0.2) is 66.9 Å². The molecule has 0 aliphatic rings. The van der Waals surface area contributed by atoms with E-state index in [4.69, 9.17) is 5.73 Å². The van der Waals surface area contributed by atoms with E-state index in [1.54, 1.807) is 18.3 Å². The van der Waals surface area contributed by atoms with Crippen LogP contribution in [0.3, 0.4) is 0 Å². The number of nitrogens with two attached hydrogens (primary N) is 1. The van der Waals surface area contributed by atoms with Gasteiger partial charge in [-0.15, -0.1) is 0 Å². The van der Waals surface area contributed by atoms with Crippen molar-refractivity contribution in [2.45, 2.75) is 0 Å². The van der Waals surface area contributed by atoms with E-state index in [1.165, 1.54) is 12.1 Å². The summed E-state index contributed by atoms with van der Waals surface area (Å²) >= 11 is 0. The van der Waals surface area contributed by atoms with Crippen LogP contribution in [-0.2, 0) is 0 Å². The highest BCUT2D eigenvalue weighted by molar-refractivity contribution is 6.18. The summed E-state index contributed by atoms with van der Waals surface area (Å²) in [6.07, 6.45) is 1.61. The number of anilines is 1. The Kier molecular flexibility index (Phi) is 4.01. The second kappa shape index (κ2) is 6.49. The van der Waals surface area contributed by atoms with E-state index in [9.17, 15) is 14.0 Å². The van der Waals surface area contributed by atoms with Gasteiger partial charge in [-0.2, -0.15) is 0 Å². The van der Waals surface area contributed by atoms with Gasteiger partial charge in [0.25, 0.3) is 5.91 Å². The number of pyridine rings is 1. The van der Waals surface area contributed by atoms with Crippen molar-refractivity contribution in [1.82, 2.24) is 4.98 Å². The summed E-state index contributed by atoms with van der Waals surface area (Å²) in [6.45, 7) is 0. The van der Waals surface area contributed by atoms with Crippen molar-refractivity contribution in [3.05, 3.63) is 83.8 Å². The fraction of sp³-hybridized carbons (Fsp3) is 0. The van der Waals surface area contributed by atoms with Gasteiger partial charge in [0.1, 0.15) is 5.82 Å². The monoisotopic (exact) mass is 359 g/mol. The first-order chi connectivity index (χ1) is 13.0. The Morgan fingerprint density at radius 3 is 2.52 bits per heavy atom. The molecule has 2 amide bonds. The highest BCUT2D eigenvalue weighted by atomic mass is 19.1. The summed E-state index contributed by atoms with van der Waals surface area (Å²) in [5.41, 5.74) is 6.00. The highest BCUT2D eigenvalue weighted by Gasteiger charge is 2.16. The minimum atomic E-state index is -0.739. The molecule has 0 spiro atoms. The molecule has 0 aliphatic heterocycles. The smallest absolute Gasteiger partial charge is 0.257 e. The van der Waals surface area contributed by atoms with Crippen molar-refractivity contribution in [3.63, 3.8) is 0 Å². The third-order valence-electron chi connectivity index (χ3n) is 4.36. The number of aromatic nitrogens is 1. The molecular weight excluding hydrogens is 345 g/mol. The molecule has 3 N–H and O–H groups in total. The van der Waals surface area contributed by atoms with Crippen LogP contribution >= 0.6 is 0 Å². The maximum absolute atomic E-state index is 14.2. The number of primary amides is 1. The van der Waals surface area contributed by atoms with Gasteiger partial charge in [-0.05, 0) is 41.1 Å². The van der Waals surface area contributed by atoms with Crippen LogP contribution in [0, 0.1) is 5.82 Å². The molecule has 1 aromatic heterocycles. The van der Waals surface area contributed by atoms with Crippen molar-refractivity contribution in [1.29, 1.82) is 0 Å². The standard InChI is InChI=1S/C21H14FN3O2/c22-17-11-13(20(23)26)7-8-18(17)25-21(27)16-10-12-4-1-2-5-14(12)15-6-3-9-24-19(15)16/h1-11H,(H2,23,26)(H,25,27). The van der Waals surface area contributed by atoms with Crippen LogP contribution in [0.1, 0.15) is 20.7 Å². The average Bonchev–Trinajstić information content (AvgIpc) is 2.68. The summed E-state index contributed by atoms with van der Waals surface area (Å²) in [7, 11) is 0. The van der Waals surface area contributed by atoms with Gasteiger partial charge in [0.15, 0.2) is 0 Å². The lowest BCUT2D eigenvalue weighted by Gasteiger charge is -2.11. The fourth-order valence-electron chi connectivity index (χ4n) is 3.06. The van der Waals surface area contributed by atoms with Crippen LogP contribution in [0.4, 0.5) is 10.1 Å². The van der Waals surface area contributed by atoms with Gasteiger partial charge in [0.05, 0.1) is 16.8 Å². The maximum Gasteiger partial charge on any atom is 0.257 e. The highest BCUT2D eigenvalue weighted by Crippen LogP contribution is 2.28. The molecule has 4 aromatic rings. The largest absolute Gasteiger partial charge is 0.366 e. The Hall–Kier alpha value is -3.80. The van der Waals surface area contributed by atoms with Crippen molar-refractivity contribution in [2.75, 3.05) is 5.32 Å². The van der Waals surface area contributed by atoms with Gasteiger partial charge < -0.3 is 11.1 Å². The van der Waals surface area contributed by atoms with E-state index in [-0.39, 0.29) is 11.3 Å². The van der Waals surface area contributed by atoms with E-state index in [0.29, 0.717) is 11.1 Å². The zero-order valence-electron chi connectivity index (χ0n) is 14.1. The SMILES string of the molecule is NC(=O)c1ccc(NC(=O)c2cc3ccccc3c3cccnc23)c(F)c1. The summed E-state index contributed by atoms with van der Waals surface area (Å²) in [4.78, 5) is 28.3. The molecule has 0 saturated carbocycles. The van der Waals surface area contributed by atoms with E-state index < -0.39 is 17.6 Å². The van der Waals surface area contributed by atoms with Gasteiger partial charge in [0, 0.05) is 17.1 Å². The first-order valence-corrected chi connectivity index (χ1v) is 8.22. The van der Waals surface area contributed by atoms with Crippen LogP contribution in [0.2, 0.25) is 0 Å². The summed E-state index contributed by atoms with van der Waals surface area (Å²) < 4.78 is 14.2.